The summed E-state index contributed by atoms with van der Waals surface area (Å²) < 4.78 is 0. The van der Waals surface area contributed by atoms with Crippen LogP contribution in [-0.4, -0.2) is 25.3 Å². The van der Waals surface area contributed by atoms with E-state index in [1.807, 2.05) is 6.07 Å². The quantitative estimate of drug-likeness (QED) is 0.757. The average Bonchev–Trinajstić information content (AvgIpc) is 2.57. The summed E-state index contributed by atoms with van der Waals surface area (Å²) in [6, 6.07) is 19.3. The standard InChI is InChI=1S/C17H18N2/c1-13-12-19(2)16-11-7-6-10-15(16)17(18-13)14-8-4-3-5-9-14/h3-11,13H,12H2,1-2H3. The van der Waals surface area contributed by atoms with Crippen LogP contribution in [-0.2, 0) is 0 Å². The van der Waals surface area contributed by atoms with Gasteiger partial charge in [0.15, 0.2) is 0 Å². The van der Waals surface area contributed by atoms with E-state index in [-0.39, 0.29) is 0 Å². The molecular weight excluding hydrogens is 232 g/mol. The second kappa shape index (κ2) is 4.88. The molecule has 0 radical (unpaired) electrons. The zero-order chi connectivity index (χ0) is 13.2. The first kappa shape index (κ1) is 12.0. The zero-order valence-electron chi connectivity index (χ0n) is 11.4. The molecule has 0 amide bonds. The molecule has 0 fully saturated rings. The number of likely N-dealkylation sites (N-methyl/N-ethyl adjacent to an activating group) is 1. The molecule has 3 rings (SSSR count). The number of benzene rings is 2. The molecule has 19 heavy (non-hydrogen) atoms. The van der Waals surface area contributed by atoms with E-state index in [1.54, 1.807) is 0 Å². The number of hydrogen-bond donors (Lipinski definition) is 0. The normalized spacial score (nSPS) is 18.5. The molecule has 0 saturated carbocycles. The van der Waals surface area contributed by atoms with Gasteiger partial charge in [-0.05, 0) is 13.0 Å². The van der Waals surface area contributed by atoms with Crippen LogP contribution < -0.4 is 4.90 Å². The Kier molecular flexibility index (Phi) is 3.08. The van der Waals surface area contributed by atoms with Gasteiger partial charge >= 0.3 is 0 Å². The largest absolute Gasteiger partial charge is 0.372 e. The third kappa shape index (κ3) is 2.26. The molecule has 1 atom stereocenters. The molecule has 2 aromatic carbocycles. The highest BCUT2D eigenvalue weighted by molar-refractivity contribution is 6.16. The van der Waals surface area contributed by atoms with E-state index in [4.69, 9.17) is 4.99 Å². The minimum absolute atomic E-state index is 0.299. The van der Waals surface area contributed by atoms with Crippen molar-refractivity contribution in [2.24, 2.45) is 4.99 Å². The van der Waals surface area contributed by atoms with E-state index in [9.17, 15) is 0 Å². The van der Waals surface area contributed by atoms with Crippen LogP contribution in [0.15, 0.2) is 59.6 Å². The third-order valence-corrected chi connectivity index (χ3v) is 3.51. The maximum atomic E-state index is 4.91. The highest BCUT2D eigenvalue weighted by Crippen LogP contribution is 2.26. The Balaban J connectivity index is 2.19. The number of fused-ring (bicyclic) bond motifs is 1. The lowest BCUT2D eigenvalue weighted by Gasteiger charge is -2.20. The topological polar surface area (TPSA) is 15.6 Å². The number of anilines is 1. The first-order valence-corrected chi connectivity index (χ1v) is 6.69. The van der Waals surface area contributed by atoms with Gasteiger partial charge in [0.25, 0.3) is 0 Å². The van der Waals surface area contributed by atoms with Gasteiger partial charge in [-0.2, -0.15) is 0 Å². The van der Waals surface area contributed by atoms with Gasteiger partial charge in [-0.1, -0.05) is 48.5 Å². The fourth-order valence-corrected chi connectivity index (χ4v) is 2.66. The molecule has 0 N–H and O–H groups in total. The Morgan fingerprint density at radius 2 is 1.68 bits per heavy atom. The highest BCUT2D eigenvalue weighted by atomic mass is 15.1. The average molecular weight is 250 g/mol. The van der Waals surface area contributed by atoms with Crippen molar-refractivity contribution in [3.8, 4) is 0 Å². The molecule has 1 heterocycles. The van der Waals surface area contributed by atoms with Crippen LogP contribution >= 0.6 is 0 Å². The van der Waals surface area contributed by atoms with Gasteiger partial charge in [-0.15, -0.1) is 0 Å². The molecule has 2 heteroatoms. The number of para-hydroxylation sites is 1. The van der Waals surface area contributed by atoms with Crippen molar-refractivity contribution in [1.29, 1.82) is 0 Å². The summed E-state index contributed by atoms with van der Waals surface area (Å²) in [6.45, 7) is 3.12. The first-order valence-electron chi connectivity index (χ1n) is 6.69. The Bertz CT molecular complexity index is 602. The van der Waals surface area contributed by atoms with Crippen molar-refractivity contribution >= 4 is 11.4 Å². The first-order chi connectivity index (χ1) is 9.25. The van der Waals surface area contributed by atoms with Gasteiger partial charge in [-0.25, -0.2) is 0 Å². The number of aliphatic imine (C=N–C) groups is 1. The molecule has 2 nitrogen and oxygen atoms in total. The monoisotopic (exact) mass is 250 g/mol. The molecule has 0 aromatic heterocycles. The fraction of sp³-hybridized carbons (Fsp3) is 0.235. The number of rotatable bonds is 1. The predicted octanol–water partition coefficient (Wildman–Crippen LogP) is 3.36. The summed E-state index contributed by atoms with van der Waals surface area (Å²) in [6.07, 6.45) is 0. The summed E-state index contributed by atoms with van der Waals surface area (Å²) in [5.41, 5.74) is 4.78. The SMILES string of the molecule is CC1CN(C)c2ccccc2C(c2ccccc2)=N1. The lowest BCUT2D eigenvalue weighted by Crippen LogP contribution is -2.24. The van der Waals surface area contributed by atoms with Gasteiger partial charge in [0.1, 0.15) is 0 Å². The maximum Gasteiger partial charge on any atom is 0.0743 e. The van der Waals surface area contributed by atoms with E-state index in [1.165, 1.54) is 16.8 Å². The maximum absolute atomic E-state index is 4.91. The Morgan fingerprint density at radius 3 is 2.47 bits per heavy atom. The Morgan fingerprint density at radius 1 is 1.00 bits per heavy atom. The number of hydrogen-bond acceptors (Lipinski definition) is 2. The van der Waals surface area contributed by atoms with E-state index in [2.05, 4.69) is 67.4 Å². The van der Waals surface area contributed by atoms with Gasteiger partial charge in [0, 0.05) is 30.4 Å². The molecule has 0 spiro atoms. The van der Waals surface area contributed by atoms with Crippen LogP contribution in [0.3, 0.4) is 0 Å². The highest BCUT2D eigenvalue weighted by Gasteiger charge is 2.19. The van der Waals surface area contributed by atoms with Gasteiger partial charge in [-0.3, -0.25) is 4.99 Å². The molecule has 0 bridgehead atoms. The summed E-state index contributed by atoms with van der Waals surface area (Å²) >= 11 is 0. The van der Waals surface area contributed by atoms with Gasteiger partial charge in [0.05, 0.1) is 11.8 Å². The van der Waals surface area contributed by atoms with Crippen molar-refractivity contribution in [2.75, 3.05) is 18.5 Å². The molecule has 1 aliphatic heterocycles. The van der Waals surface area contributed by atoms with Crippen LogP contribution in [0.5, 0.6) is 0 Å². The third-order valence-electron chi connectivity index (χ3n) is 3.51. The lowest BCUT2D eigenvalue weighted by molar-refractivity contribution is 0.727. The second-order valence-corrected chi connectivity index (χ2v) is 5.09. The van der Waals surface area contributed by atoms with Crippen LogP contribution in [0.1, 0.15) is 18.1 Å². The molecule has 2 aromatic rings. The molecule has 96 valence electrons. The summed E-state index contributed by atoms with van der Waals surface area (Å²) in [5, 5.41) is 0. The van der Waals surface area contributed by atoms with E-state index >= 15 is 0 Å². The van der Waals surface area contributed by atoms with Crippen molar-refractivity contribution in [3.05, 3.63) is 65.7 Å². The van der Waals surface area contributed by atoms with E-state index in [0.29, 0.717) is 6.04 Å². The van der Waals surface area contributed by atoms with E-state index in [0.717, 1.165) is 12.3 Å². The Hall–Kier alpha value is -2.09. The van der Waals surface area contributed by atoms with Crippen molar-refractivity contribution in [2.45, 2.75) is 13.0 Å². The summed E-state index contributed by atoms with van der Waals surface area (Å²) in [4.78, 5) is 7.20. The van der Waals surface area contributed by atoms with Gasteiger partial charge in [0.2, 0.25) is 0 Å². The Labute approximate surface area is 114 Å². The predicted molar refractivity (Wildman–Crippen MR) is 81.3 cm³/mol. The van der Waals surface area contributed by atoms with Crippen molar-refractivity contribution in [1.82, 2.24) is 0 Å². The van der Waals surface area contributed by atoms with Gasteiger partial charge < -0.3 is 4.90 Å². The van der Waals surface area contributed by atoms with E-state index < -0.39 is 0 Å². The van der Waals surface area contributed by atoms with Crippen molar-refractivity contribution in [3.63, 3.8) is 0 Å². The minimum Gasteiger partial charge on any atom is -0.372 e. The lowest BCUT2D eigenvalue weighted by atomic mass is 10.0. The van der Waals surface area contributed by atoms with Crippen molar-refractivity contribution < 1.29 is 0 Å². The zero-order valence-corrected chi connectivity index (χ0v) is 11.4. The van der Waals surface area contributed by atoms with Crippen LogP contribution in [0.4, 0.5) is 5.69 Å². The fourth-order valence-electron chi connectivity index (χ4n) is 2.66. The second-order valence-electron chi connectivity index (χ2n) is 5.09. The molecule has 0 saturated heterocycles. The smallest absolute Gasteiger partial charge is 0.0743 e. The summed E-state index contributed by atoms with van der Waals surface area (Å²) in [7, 11) is 2.14. The van der Waals surface area contributed by atoms with Crippen LogP contribution in [0.2, 0.25) is 0 Å². The summed E-state index contributed by atoms with van der Waals surface area (Å²) in [5.74, 6) is 0. The number of nitrogens with zero attached hydrogens (tertiary/aromatic N) is 2. The molecular formula is C17H18N2. The van der Waals surface area contributed by atoms with Crippen LogP contribution in [0, 0.1) is 0 Å². The molecule has 0 aliphatic carbocycles. The van der Waals surface area contributed by atoms with Crippen LogP contribution in [0.25, 0.3) is 0 Å². The minimum atomic E-state index is 0.299. The molecule has 1 unspecified atom stereocenters. The number of benzodiazepines with no additional fused rings is 1. The molecule has 1 aliphatic rings.